The van der Waals surface area contributed by atoms with Crippen LogP contribution in [0.3, 0.4) is 0 Å². The Hall–Kier alpha value is 0.0306. The van der Waals surface area contributed by atoms with Crippen molar-refractivity contribution < 1.29 is 0 Å². The molecule has 0 bridgehead atoms. The molecule has 3 aromatic rings. The molecule has 0 aliphatic heterocycles. The second-order valence-electron chi connectivity index (χ2n) is 20.5. The molecule has 0 spiro atoms. The van der Waals surface area contributed by atoms with E-state index in [1.807, 2.05) is 0 Å². The van der Waals surface area contributed by atoms with Crippen LogP contribution in [0.1, 0.15) is 125 Å². The average molecular weight is 785 g/mol. The molecule has 0 heterocycles. The van der Waals surface area contributed by atoms with Gasteiger partial charge in [-0.15, -0.1) is 0 Å². The van der Waals surface area contributed by atoms with Crippen molar-refractivity contribution in [3.05, 3.63) is 91.0 Å². The molecule has 0 nitrogen and oxygen atoms in total. The minimum absolute atomic E-state index is 0.224. The van der Waals surface area contributed by atoms with Crippen molar-refractivity contribution in [2.75, 3.05) is 0 Å². The maximum Gasteiger partial charge on any atom is 0.125 e. The molecular weight excluding hydrogens is 713 g/mol. The third-order valence-electron chi connectivity index (χ3n) is 11.2. The van der Waals surface area contributed by atoms with Gasteiger partial charge in [-0.2, -0.15) is 0 Å². The van der Waals surface area contributed by atoms with Gasteiger partial charge in [0.2, 0.25) is 0 Å². The molecule has 49 heavy (non-hydrogen) atoms. The molecule has 3 rings (SSSR count). The summed E-state index contributed by atoms with van der Waals surface area (Å²) in [5.74, 6) is 0. The monoisotopic (exact) mass is 784 g/mol. The topological polar surface area (TPSA) is 0 Å². The van der Waals surface area contributed by atoms with Gasteiger partial charge in [-0.25, -0.2) is 0 Å². The molecule has 3 unspecified atom stereocenters. The zero-order valence-corrected chi connectivity index (χ0v) is 41.5. The molecule has 7 heteroatoms. The smallest absolute Gasteiger partial charge is 0.0939 e. The summed E-state index contributed by atoms with van der Waals surface area (Å²) in [4.78, 5) is 0. The quantitative estimate of drug-likeness (QED) is 0.150. The summed E-state index contributed by atoms with van der Waals surface area (Å²) in [6.07, 6.45) is 0. The third-order valence-corrected chi connectivity index (χ3v) is 84.3. The predicted molar refractivity (Wildman–Crippen MR) is 246 cm³/mol. The van der Waals surface area contributed by atoms with Gasteiger partial charge in [0.15, 0.2) is 0 Å². The van der Waals surface area contributed by atoms with E-state index in [-0.39, 0.29) is 37.2 Å². The Morgan fingerprint density at radius 1 is 0.306 bits per heavy atom. The molecule has 0 fully saturated rings. The fraction of sp³-hybridized carbons (Fsp3) is 0.571. The second-order valence-corrected chi connectivity index (χ2v) is 59.9. The number of hydrogen-bond acceptors (Lipinski definition) is 0. The SMILES string of the molecule is CC(C)(C)[Si](PP(P[Si](c1ccccc1)(C(C)(C)C)C(C)(C)C)P[Si](c1ccccc1)(C(C)(C)C)C(C)(C)C)(c1ccccc1)C(C)(C)C. The van der Waals surface area contributed by atoms with Crippen molar-refractivity contribution in [3.8, 4) is 0 Å². The van der Waals surface area contributed by atoms with Gasteiger partial charge in [0.25, 0.3) is 0 Å². The molecule has 0 saturated carbocycles. The van der Waals surface area contributed by atoms with Crippen molar-refractivity contribution >= 4 is 69.2 Å². The Kier molecular flexibility index (Phi) is 13.3. The van der Waals surface area contributed by atoms with Crippen molar-refractivity contribution in [1.29, 1.82) is 0 Å². The zero-order valence-electron chi connectivity index (χ0n) is 34.6. The second kappa shape index (κ2) is 15.0. The number of hydrogen-bond donors (Lipinski definition) is 0. The van der Waals surface area contributed by atoms with Crippen molar-refractivity contribution in [1.82, 2.24) is 0 Å². The van der Waals surface area contributed by atoms with Crippen LogP contribution in [0.5, 0.6) is 0 Å². The molecule has 3 aromatic carbocycles. The van der Waals surface area contributed by atoms with Crippen molar-refractivity contribution in [3.63, 3.8) is 0 Å². The van der Waals surface area contributed by atoms with Crippen LogP contribution in [0.2, 0.25) is 30.2 Å². The van der Waals surface area contributed by atoms with E-state index < -0.39 is 23.2 Å². The highest BCUT2D eigenvalue weighted by molar-refractivity contribution is 8.86. The first-order valence-electron chi connectivity index (χ1n) is 18.4. The predicted octanol–water partition coefficient (Wildman–Crippen LogP) is 14.6. The first kappa shape index (κ1) is 43.4. The highest BCUT2D eigenvalue weighted by Crippen LogP contribution is 2.93. The highest BCUT2D eigenvalue weighted by Gasteiger charge is 2.62. The van der Waals surface area contributed by atoms with Crippen LogP contribution in [0, 0.1) is 0 Å². The van der Waals surface area contributed by atoms with Gasteiger partial charge in [-0.1, -0.05) is 262 Å². The number of benzene rings is 3. The average Bonchev–Trinajstić information content (AvgIpc) is 2.94. The first-order valence-corrected chi connectivity index (χ1v) is 34.3. The molecule has 0 amide bonds. The van der Waals surface area contributed by atoms with Gasteiger partial charge in [0.1, 0.15) is 23.2 Å². The zero-order chi connectivity index (χ0) is 37.5. The summed E-state index contributed by atoms with van der Waals surface area (Å²) in [5, 5.41) is 6.40. The molecular formula is C42H72P4Si3. The van der Waals surface area contributed by atoms with E-state index in [0.29, 0.717) is 0 Å². The molecule has 0 radical (unpaired) electrons. The fourth-order valence-corrected chi connectivity index (χ4v) is 117. The van der Waals surface area contributed by atoms with Gasteiger partial charge >= 0.3 is 0 Å². The summed E-state index contributed by atoms with van der Waals surface area (Å²) in [6, 6.07) is 36.0. The number of rotatable bonds is 9. The van der Waals surface area contributed by atoms with Crippen LogP contribution in [-0.2, 0) is 0 Å². The van der Waals surface area contributed by atoms with Gasteiger partial charge in [-0.05, 0) is 30.2 Å². The normalized spacial score (nSPS) is 16.0. The van der Waals surface area contributed by atoms with Crippen molar-refractivity contribution in [2.24, 2.45) is 0 Å². The van der Waals surface area contributed by atoms with Gasteiger partial charge in [-0.3, -0.25) is 0 Å². The van der Waals surface area contributed by atoms with E-state index >= 15 is 0 Å². The molecule has 3 atom stereocenters. The maximum atomic E-state index is 2.62. The molecule has 0 saturated heterocycles. The van der Waals surface area contributed by atoms with Crippen LogP contribution in [0.4, 0.5) is 0 Å². The Balaban J connectivity index is 2.57. The molecule has 272 valence electrons. The van der Waals surface area contributed by atoms with E-state index in [1.54, 1.807) is 15.6 Å². The summed E-state index contributed by atoms with van der Waals surface area (Å²) in [5.41, 5.74) is 0. The van der Waals surface area contributed by atoms with Gasteiger partial charge < -0.3 is 0 Å². The standard InChI is InChI=1S/C42H72P4Si3/c1-37(2,3)47(38(4,5)6,34-28-22-19-23-29-34)43-46(44-48(39(7,8)9,40(10,11)12)35-30-24-20-25-31-35)45-49(41(13,14)15,42(16,17)18)36-32-26-21-27-33-36/h19-33,43-45H,1-18H3. The van der Waals surface area contributed by atoms with Gasteiger partial charge in [0.05, 0.1) is 0 Å². The third kappa shape index (κ3) is 8.26. The van der Waals surface area contributed by atoms with Crippen LogP contribution in [0.15, 0.2) is 91.0 Å². The van der Waals surface area contributed by atoms with Gasteiger partial charge in [0, 0.05) is 0 Å². The Morgan fingerprint density at radius 2 is 0.469 bits per heavy atom. The van der Waals surface area contributed by atoms with E-state index in [9.17, 15) is 0 Å². The lowest BCUT2D eigenvalue weighted by Crippen LogP contribution is -2.59. The minimum Gasteiger partial charge on any atom is -0.0939 e. The summed E-state index contributed by atoms with van der Waals surface area (Å²) in [7, 11) is -3.43. The Morgan fingerprint density at radius 3 is 0.612 bits per heavy atom. The van der Waals surface area contributed by atoms with E-state index in [4.69, 9.17) is 0 Å². The lowest BCUT2D eigenvalue weighted by atomic mass is 10.2. The lowest BCUT2D eigenvalue weighted by molar-refractivity contribution is 0.645. The lowest BCUT2D eigenvalue weighted by Gasteiger charge is -2.59. The van der Waals surface area contributed by atoms with Crippen LogP contribution >= 0.6 is 30.4 Å². The molecule has 0 aliphatic carbocycles. The summed E-state index contributed by atoms with van der Waals surface area (Å²) in [6.45, 7) is 46.8. The molecule has 0 aliphatic rings. The van der Waals surface area contributed by atoms with Crippen LogP contribution < -0.4 is 15.6 Å². The van der Waals surface area contributed by atoms with Crippen LogP contribution in [0.25, 0.3) is 0 Å². The maximum absolute atomic E-state index is 2.62. The van der Waals surface area contributed by atoms with E-state index in [2.05, 4.69) is 216 Å². The highest BCUT2D eigenvalue weighted by atomic mass is 32.8. The summed E-state index contributed by atoms with van der Waals surface area (Å²) < 4.78 is 0. The Labute approximate surface area is 313 Å². The first-order chi connectivity index (χ1) is 22.1. The van der Waals surface area contributed by atoms with E-state index in [0.717, 1.165) is 23.5 Å². The summed E-state index contributed by atoms with van der Waals surface area (Å²) >= 11 is 0. The minimum atomic E-state index is -2.16. The Bertz CT molecular complexity index is 1260. The van der Waals surface area contributed by atoms with E-state index in [1.165, 1.54) is 0 Å². The molecule has 0 aromatic heterocycles. The largest absolute Gasteiger partial charge is 0.125 e. The van der Waals surface area contributed by atoms with Crippen molar-refractivity contribution in [2.45, 2.75) is 155 Å². The molecule has 0 N–H and O–H groups in total. The fourth-order valence-electron chi connectivity index (χ4n) is 9.82. The van der Waals surface area contributed by atoms with Crippen LogP contribution in [-0.4, -0.2) is 23.2 Å².